The number of hydrogen-bond acceptors (Lipinski definition) is 6. The number of carbonyl (C=O) groups is 1. The number of fused-ring (bicyclic) bond motifs is 1. The third-order valence-electron chi connectivity index (χ3n) is 4.34. The van der Waals surface area contributed by atoms with Crippen molar-refractivity contribution in [2.45, 2.75) is 29.5 Å². The van der Waals surface area contributed by atoms with Crippen LogP contribution in [0.3, 0.4) is 0 Å². The average Bonchev–Trinajstić information content (AvgIpc) is 3.31. The number of thiophene rings is 1. The molecular weight excluding hydrogens is 390 g/mol. The summed E-state index contributed by atoms with van der Waals surface area (Å²) in [6, 6.07) is 10.2. The Morgan fingerprint density at radius 3 is 2.81 bits per heavy atom. The first-order valence-electron chi connectivity index (χ1n) is 8.27. The zero-order chi connectivity index (χ0) is 18.1. The number of sulfonamides is 1. The molecule has 0 spiro atoms. The van der Waals surface area contributed by atoms with Gasteiger partial charge in [-0.1, -0.05) is 36.0 Å². The lowest BCUT2D eigenvalue weighted by Crippen LogP contribution is -2.49. The monoisotopic (exact) mass is 407 g/mol. The Bertz CT molecular complexity index is 995. The number of benzene rings is 1. The molecule has 0 radical (unpaired) electrons. The first-order chi connectivity index (χ1) is 12.6. The summed E-state index contributed by atoms with van der Waals surface area (Å²) in [6.07, 6.45) is 2.10. The molecule has 1 atom stereocenters. The maximum atomic E-state index is 12.9. The van der Waals surface area contributed by atoms with E-state index in [1.54, 1.807) is 17.5 Å². The smallest absolute Gasteiger partial charge is 0.253 e. The highest BCUT2D eigenvalue weighted by Crippen LogP contribution is 2.30. The molecule has 2 aromatic heterocycles. The van der Waals surface area contributed by atoms with Crippen LogP contribution in [-0.2, 0) is 14.8 Å². The Labute approximate surface area is 159 Å². The van der Waals surface area contributed by atoms with Crippen molar-refractivity contribution in [3.8, 4) is 0 Å². The van der Waals surface area contributed by atoms with Gasteiger partial charge < -0.3 is 5.32 Å². The molecule has 0 saturated carbocycles. The Morgan fingerprint density at radius 1 is 1.19 bits per heavy atom. The van der Waals surface area contributed by atoms with Gasteiger partial charge >= 0.3 is 0 Å². The standard InChI is InChI=1S/C17H17N3O3S3/c21-16(19-17-18-12-6-1-2-8-14(12)25-17)13-7-3-4-10-20(13)26(22,23)15-9-5-11-24-15/h1-2,5-6,8-9,11,13H,3-4,7,10H2,(H,18,19,21)/t13-/m0/s1. The highest BCUT2D eigenvalue weighted by atomic mass is 32.2. The molecule has 136 valence electrons. The van der Waals surface area contributed by atoms with E-state index >= 15 is 0 Å². The van der Waals surface area contributed by atoms with Gasteiger partial charge in [-0.2, -0.15) is 4.31 Å². The van der Waals surface area contributed by atoms with Crippen LogP contribution in [0.2, 0.25) is 0 Å². The fourth-order valence-corrected chi connectivity index (χ4v) is 6.74. The van der Waals surface area contributed by atoms with Crippen molar-refractivity contribution >= 4 is 54.0 Å². The number of piperidine rings is 1. The highest BCUT2D eigenvalue weighted by molar-refractivity contribution is 7.91. The van der Waals surface area contributed by atoms with E-state index in [0.29, 0.717) is 18.1 Å². The SMILES string of the molecule is O=C(Nc1nc2ccccc2s1)[C@@H]1CCCCN1S(=O)(=O)c1cccs1. The molecule has 3 heterocycles. The lowest BCUT2D eigenvalue weighted by molar-refractivity contribution is -0.120. The molecule has 1 saturated heterocycles. The van der Waals surface area contributed by atoms with E-state index in [1.807, 2.05) is 24.3 Å². The number of amides is 1. The number of hydrogen-bond donors (Lipinski definition) is 1. The van der Waals surface area contributed by atoms with E-state index in [4.69, 9.17) is 0 Å². The minimum atomic E-state index is -3.66. The molecule has 1 amide bonds. The van der Waals surface area contributed by atoms with Crippen molar-refractivity contribution in [2.24, 2.45) is 0 Å². The van der Waals surface area contributed by atoms with Crippen molar-refractivity contribution in [1.82, 2.24) is 9.29 Å². The summed E-state index contributed by atoms with van der Waals surface area (Å²) < 4.78 is 28.4. The molecule has 26 heavy (non-hydrogen) atoms. The molecule has 3 aromatic rings. The average molecular weight is 408 g/mol. The van der Waals surface area contributed by atoms with Gasteiger partial charge in [0.15, 0.2) is 5.13 Å². The fourth-order valence-electron chi connectivity index (χ4n) is 3.09. The molecule has 1 aliphatic rings. The first kappa shape index (κ1) is 17.6. The minimum absolute atomic E-state index is 0.275. The number of nitrogens with zero attached hydrogens (tertiary/aromatic N) is 2. The summed E-state index contributed by atoms with van der Waals surface area (Å²) in [5, 5.41) is 5.04. The largest absolute Gasteiger partial charge is 0.301 e. The molecule has 0 unspecified atom stereocenters. The molecule has 9 heteroatoms. The third kappa shape index (κ3) is 3.27. The van der Waals surface area contributed by atoms with Crippen LogP contribution >= 0.6 is 22.7 Å². The molecule has 1 N–H and O–H groups in total. The van der Waals surface area contributed by atoms with Crippen LogP contribution < -0.4 is 5.32 Å². The normalized spacial score (nSPS) is 18.8. The first-order valence-corrected chi connectivity index (χ1v) is 11.4. The van der Waals surface area contributed by atoms with Crippen molar-refractivity contribution in [3.05, 3.63) is 41.8 Å². The number of nitrogens with one attached hydrogen (secondary N) is 1. The number of anilines is 1. The zero-order valence-corrected chi connectivity index (χ0v) is 16.2. The number of para-hydroxylation sites is 1. The zero-order valence-electron chi connectivity index (χ0n) is 13.8. The Balaban J connectivity index is 1.58. The Morgan fingerprint density at radius 2 is 2.04 bits per heavy atom. The summed E-state index contributed by atoms with van der Waals surface area (Å²) in [6.45, 7) is 0.359. The van der Waals surface area contributed by atoms with E-state index in [1.165, 1.54) is 27.0 Å². The van der Waals surface area contributed by atoms with Gasteiger partial charge in [0.1, 0.15) is 10.3 Å². The van der Waals surface area contributed by atoms with Crippen LogP contribution in [0.25, 0.3) is 10.2 Å². The van der Waals surface area contributed by atoms with E-state index in [-0.39, 0.29) is 10.1 Å². The molecule has 1 aromatic carbocycles. The van der Waals surface area contributed by atoms with E-state index in [0.717, 1.165) is 23.1 Å². The quantitative estimate of drug-likeness (QED) is 0.717. The van der Waals surface area contributed by atoms with Gasteiger partial charge in [-0.05, 0) is 36.4 Å². The van der Waals surface area contributed by atoms with Crippen LogP contribution in [0.5, 0.6) is 0 Å². The lowest BCUT2D eigenvalue weighted by atomic mass is 10.0. The number of rotatable bonds is 4. The van der Waals surface area contributed by atoms with E-state index in [9.17, 15) is 13.2 Å². The second kappa shape index (κ2) is 7.07. The van der Waals surface area contributed by atoms with E-state index in [2.05, 4.69) is 10.3 Å². The number of carbonyl (C=O) groups excluding carboxylic acids is 1. The summed E-state index contributed by atoms with van der Waals surface area (Å²) in [7, 11) is -3.66. The molecular formula is C17H17N3O3S3. The van der Waals surface area contributed by atoms with E-state index < -0.39 is 16.1 Å². The molecule has 6 nitrogen and oxygen atoms in total. The van der Waals surface area contributed by atoms with Crippen molar-refractivity contribution in [2.75, 3.05) is 11.9 Å². The summed E-state index contributed by atoms with van der Waals surface area (Å²) in [4.78, 5) is 17.2. The fraction of sp³-hybridized carbons (Fsp3) is 0.294. The van der Waals surface area contributed by atoms with Crippen molar-refractivity contribution in [3.63, 3.8) is 0 Å². The molecule has 4 rings (SSSR count). The molecule has 0 aliphatic carbocycles. The number of thiazole rings is 1. The Kier molecular flexibility index (Phi) is 4.78. The lowest BCUT2D eigenvalue weighted by Gasteiger charge is -2.32. The van der Waals surface area contributed by atoms with Crippen molar-refractivity contribution < 1.29 is 13.2 Å². The minimum Gasteiger partial charge on any atom is -0.301 e. The van der Waals surface area contributed by atoms with Gasteiger partial charge in [0.25, 0.3) is 10.0 Å². The highest BCUT2D eigenvalue weighted by Gasteiger charge is 2.38. The molecule has 1 aliphatic heterocycles. The van der Waals surface area contributed by atoms with Crippen molar-refractivity contribution in [1.29, 1.82) is 0 Å². The van der Waals surface area contributed by atoms with Crippen LogP contribution in [-0.4, -0.2) is 36.2 Å². The Hall–Kier alpha value is -1.81. The van der Waals surface area contributed by atoms with Crippen LogP contribution in [0.15, 0.2) is 46.0 Å². The van der Waals surface area contributed by atoms with Gasteiger partial charge in [-0.15, -0.1) is 11.3 Å². The maximum Gasteiger partial charge on any atom is 0.253 e. The van der Waals surface area contributed by atoms with Gasteiger partial charge in [0.2, 0.25) is 5.91 Å². The van der Waals surface area contributed by atoms with Crippen LogP contribution in [0.4, 0.5) is 5.13 Å². The second-order valence-corrected chi connectivity index (χ2v) is 10.1. The van der Waals surface area contributed by atoms with Crippen LogP contribution in [0.1, 0.15) is 19.3 Å². The second-order valence-electron chi connectivity index (χ2n) is 6.04. The predicted octanol–water partition coefficient (Wildman–Crippen LogP) is 3.54. The van der Waals surface area contributed by atoms with Gasteiger partial charge in [-0.25, -0.2) is 13.4 Å². The van der Waals surface area contributed by atoms with Gasteiger partial charge in [0.05, 0.1) is 10.2 Å². The predicted molar refractivity (Wildman–Crippen MR) is 104 cm³/mol. The summed E-state index contributed by atoms with van der Waals surface area (Å²) in [5.41, 5.74) is 0.819. The molecule has 1 fully saturated rings. The van der Waals surface area contributed by atoms with Gasteiger partial charge in [0, 0.05) is 6.54 Å². The van der Waals surface area contributed by atoms with Crippen LogP contribution in [0, 0.1) is 0 Å². The summed E-state index contributed by atoms with van der Waals surface area (Å²) >= 11 is 2.56. The topological polar surface area (TPSA) is 79.4 Å². The summed E-state index contributed by atoms with van der Waals surface area (Å²) in [5.74, 6) is -0.316. The molecule has 0 bridgehead atoms. The maximum absolute atomic E-state index is 12.9. The third-order valence-corrected chi connectivity index (χ3v) is 8.57. The number of aromatic nitrogens is 1. The van der Waals surface area contributed by atoms with Gasteiger partial charge in [-0.3, -0.25) is 4.79 Å².